The third-order valence-corrected chi connectivity index (χ3v) is 4.09. The van der Waals surface area contributed by atoms with Crippen LogP contribution in [-0.2, 0) is 11.9 Å². The van der Waals surface area contributed by atoms with Crippen molar-refractivity contribution in [1.29, 1.82) is 0 Å². The van der Waals surface area contributed by atoms with Crippen LogP contribution in [0.4, 0.5) is 13.2 Å². The molecule has 1 aromatic carbocycles. The number of rotatable bonds is 4. The second-order valence-electron chi connectivity index (χ2n) is 5.28. The minimum Gasteiger partial charge on any atom is -0.228 e. The summed E-state index contributed by atoms with van der Waals surface area (Å²) < 4.78 is 39.9. The third kappa shape index (κ3) is 4.13. The predicted molar refractivity (Wildman–Crippen MR) is 85.2 cm³/mol. The lowest BCUT2D eigenvalue weighted by atomic mass is 10.2. The molecule has 0 aliphatic heterocycles. The number of hydrogen-bond acceptors (Lipinski definition) is 6. The first-order valence-electron chi connectivity index (χ1n) is 7.23. The zero-order valence-electron chi connectivity index (χ0n) is 13.3. The highest BCUT2D eigenvalue weighted by atomic mass is 32.2. The van der Waals surface area contributed by atoms with Gasteiger partial charge in [0.25, 0.3) is 0 Å². The zero-order valence-corrected chi connectivity index (χ0v) is 14.1. The molecule has 0 atom stereocenters. The molecule has 0 N–H and O–H groups in total. The Kier molecular flexibility index (Phi) is 4.71. The van der Waals surface area contributed by atoms with Gasteiger partial charge in [0.15, 0.2) is 11.0 Å². The van der Waals surface area contributed by atoms with Crippen LogP contribution in [0.3, 0.4) is 0 Å². The number of alkyl halides is 3. The van der Waals surface area contributed by atoms with E-state index in [9.17, 15) is 13.2 Å². The van der Waals surface area contributed by atoms with E-state index in [0.29, 0.717) is 16.7 Å². The summed E-state index contributed by atoms with van der Waals surface area (Å²) in [4.78, 5) is 8.62. The average molecular weight is 366 g/mol. The number of halogens is 3. The number of aromatic nitrogens is 6. The number of benzene rings is 1. The molecular weight excluding hydrogens is 353 g/mol. The summed E-state index contributed by atoms with van der Waals surface area (Å²) in [7, 11) is 0. The minimum atomic E-state index is -4.42. The van der Waals surface area contributed by atoms with Gasteiger partial charge in [-0.15, -0.1) is 5.10 Å². The Labute approximate surface area is 145 Å². The van der Waals surface area contributed by atoms with E-state index in [-0.39, 0.29) is 5.69 Å². The van der Waals surface area contributed by atoms with Crippen molar-refractivity contribution < 1.29 is 13.2 Å². The van der Waals surface area contributed by atoms with Gasteiger partial charge in [-0.2, -0.15) is 17.9 Å². The maximum atomic E-state index is 12.9. The van der Waals surface area contributed by atoms with Crippen LogP contribution in [0.5, 0.6) is 0 Å². The lowest BCUT2D eigenvalue weighted by Crippen LogP contribution is -2.08. The standard InChI is InChI=1S/C15H13F3N6S/c1-9-6-10(2)20-14(19-9)25-8-13-21-22-23-24(13)12-5-3-4-11(7-12)15(16,17)18/h3-7H,8H2,1-2H3. The predicted octanol–water partition coefficient (Wildman–Crippen LogP) is 3.38. The van der Waals surface area contributed by atoms with Crippen LogP contribution in [0.25, 0.3) is 5.69 Å². The first kappa shape index (κ1) is 17.3. The molecular formula is C15H13F3N6S. The molecule has 0 saturated heterocycles. The highest BCUT2D eigenvalue weighted by Gasteiger charge is 2.30. The summed E-state index contributed by atoms with van der Waals surface area (Å²) >= 11 is 1.32. The average Bonchev–Trinajstić information content (AvgIpc) is 3.00. The lowest BCUT2D eigenvalue weighted by Gasteiger charge is -2.09. The topological polar surface area (TPSA) is 69.4 Å². The van der Waals surface area contributed by atoms with Crippen molar-refractivity contribution in [3.63, 3.8) is 0 Å². The second kappa shape index (κ2) is 6.79. The van der Waals surface area contributed by atoms with Crippen molar-refractivity contribution >= 4 is 11.8 Å². The first-order chi connectivity index (χ1) is 11.8. The van der Waals surface area contributed by atoms with E-state index in [4.69, 9.17) is 0 Å². The lowest BCUT2D eigenvalue weighted by molar-refractivity contribution is -0.137. The first-order valence-corrected chi connectivity index (χ1v) is 8.21. The van der Waals surface area contributed by atoms with Crippen LogP contribution in [0, 0.1) is 13.8 Å². The van der Waals surface area contributed by atoms with Crippen molar-refractivity contribution in [3.8, 4) is 5.69 Å². The van der Waals surface area contributed by atoms with Gasteiger partial charge >= 0.3 is 6.18 Å². The van der Waals surface area contributed by atoms with Crippen LogP contribution >= 0.6 is 11.8 Å². The van der Waals surface area contributed by atoms with Gasteiger partial charge in [0.05, 0.1) is 17.0 Å². The van der Waals surface area contributed by atoms with E-state index in [2.05, 4.69) is 25.5 Å². The smallest absolute Gasteiger partial charge is 0.228 e. The van der Waals surface area contributed by atoms with Crippen molar-refractivity contribution in [2.45, 2.75) is 30.9 Å². The summed E-state index contributed by atoms with van der Waals surface area (Å²) in [6.45, 7) is 3.73. The van der Waals surface area contributed by atoms with E-state index in [1.807, 2.05) is 19.9 Å². The number of thioether (sulfide) groups is 1. The van der Waals surface area contributed by atoms with Gasteiger partial charge in [0, 0.05) is 11.4 Å². The SMILES string of the molecule is Cc1cc(C)nc(SCc2nnnn2-c2cccc(C(F)(F)F)c2)n1. The minimum absolute atomic E-state index is 0.247. The van der Waals surface area contributed by atoms with Crippen LogP contribution in [-0.4, -0.2) is 30.2 Å². The fourth-order valence-corrected chi connectivity index (χ4v) is 3.05. The quantitative estimate of drug-likeness (QED) is 0.521. The molecule has 0 fully saturated rings. The second-order valence-corrected chi connectivity index (χ2v) is 6.22. The highest BCUT2D eigenvalue weighted by Crippen LogP contribution is 2.30. The van der Waals surface area contributed by atoms with Gasteiger partial charge in [-0.25, -0.2) is 9.97 Å². The molecule has 0 aliphatic carbocycles. The third-order valence-electron chi connectivity index (χ3n) is 3.24. The van der Waals surface area contributed by atoms with Crippen LogP contribution in [0.15, 0.2) is 35.5 Å². The van der Waals surface area contributed by atoms with Crippen LogP contribution in [0.2, 0.25) is 0 Å². The van der Waals surface area contributed by atoms with Gasteiger partial charge in [-0.1, -0.05) is 17.8 Å². The molecule has 0 saturated carbocycles. The molecule has 3 rings (SSSR count). The summed E-state index contributed by atoms with van der Waals surface area (Å²) in [6.07, 6.45) is -4.42. The summed E-state index contributed by atoms with van der Waals surface area (Å²) in [5.41, 5.74) is 1.17. The fraction of sp³-hybridized carbons (Fsp3) is 0.267. The number of hydrogen-bond donors (Lipinski definition) is 0. The largest absolute Gasteiger partial charge is 0.416 e. The van der Waals surface area contributed by atoms with Gasteiger partial charge < -0.3 is 0 Å². The molecule has 25 heavy (non-hydrogen) atoms. The molecule has 130 valence electrons. The van der Waals surface area contributed by atoms with Crippen molar-refractivity contribution in [2.75, 3.05) is 0 Å². The maximum absolute atomic E-state index is 12.9. The molecule has 2 aromatic heterocycles. The number of tetrazole rings is 1. The molecule has 0 amide bonds. The summed E-state index contributed by atoms with van der Waals surface area (Å²) in [5.74, 6) is 0.735. The normalized spacial score (nSPS) is 11.7. The molecule has 2 heterocycles. The van der Waals surface area contributed by atoms with E-state index >= 15 is 0 Å². The Balaban J connectivity index is 1.83. The summed E-state index contributed by atoms with van der Waals surface area (Å²) in [6, 6.07) is 6.72. The van der Waals surface area contributed by atoms with E-state index in [0.717, 1.165) is 23.5 Å². The Morgan fingerprint density at radius 3 is 2.48 bits per heavy atom. The number of aryl methyl sites for hydroxylation is 2. The zero-order chi connectivity index (χ0) is 18.0. The Morgan fingerprint density at radius 2 is 1.80 bits per heavy atom. The molecule has 0 spiro atoms. The Bertz CT molecular complexity index is 873. The van der Waals surface area contributed by atoms with E-state index < -0.39 is 11.7 Å². The monoisotopic (exact) mass is 366 g/mol. The molecule has 0 radical (unpaired) electrons. The molecule has 3 aromatic rings. The van der Waals surface area contributed by atoms with Crippen molar-refractivity contribution in [2.24, 2.45) is 0 Å². The van der Waals surface area contributed by atoms with Crippen LogP contribution in [0.1, 0.15) is 22.8 Å². The molecule has 10 heteroatoms. The molecule has 0 unspecified atom stereocenters. The van der Waals surface area contributed by atoms with Gasteiger partial charge in [-0.05, 0) is 48.5 Å². The van der Waals surface area contributed by atoms with Gasteiger partial charge in [0.2, 0.25) is 0 Å². The Morgan fingerprint density at radius 1 is 1.08 bits per heavy atom. The molecule has 6 nitrogen and oxygen atoms in total. The highest BCUT2D eigenvalue weighted by molar-refractivity contribution is 7.98. The van der Waals surface area contributed by atoms with Crippen molar-refractivity contribution in [3.05, 3.63) is 53.1 Å². The van der Waals surface area contributed by atoms with Crippen LogP contribution < -0.4 is 0 Å². The van der Waals surface area contributed by atoms with Gasteiger partial charge in [0.1, 0.15) is 0 Å². The van der Waals surface area contributed by atoms with Crippen molar-refractivity contribution in [1.82, 2.24) is 30.2 Å². The Hall–Kier alpha value is -2.49. The summed E-state index contributed by atoms with van der Waals surface area (Å²) in [5, 5.41) is 11.8. The van der Waals surface area contributed by atoms with E-state index in [1.165, 1.54) is 28.6 Å². The maximum Gasteiger partial charge on any atom is 0.416 e. The molecule has 0 bridgehead atoms. The van der Waals surface area contributed by atoms with Gasteiger partial charge in [-0.3, -0.25) is 0 Å². The number of nitrogens with zero attached hydrogens (tertiary/aromatic N) is 6. The fourth-order valence-electron chi connectivity index (χ4n) is 2.20. The van der Waals surface area contributed by atoms with E-state index in [1.54, 1.807) is 0 Å². The molecule has 0 aliphatic rings.